The molecular weight excluding hydrogens is 136 g/mol. The van der Waals surface area contributed by atoms with Crippen LogP contribution in [0.1, 0.15) is 20.8 Å². The van der Waals surface area contributed by atoms with Gasteiger partial charge in [0.25, 0.3) is 0 Å². The molecule has 0 aromatic heterocycles. The highest BCUT2D eigenvalue weighted by molar-refractivity contribution is 4.81. The van der Waals surface area contributed by atoms with E-state index in [9.17, 15) is 0 Å². The predicted octanol–water partition coefficient (Wildman–Crippen LogP) is 1.03. The third kappa shape index (κ3) is 1.94. The van der Waals surface area contributed by atoms with Gasteiger partial charge in [-0.3, -0.25) is 4.90 Å². The van der Waals surface area contributed by atoms with E-state index < -0.39 is 0 Å². The van der Waals surface area contributed by atoms with Gasteiger partial charge < -0.3 is 4.90 Å². The van der Waals surface area contributed by atoms with Crippen LogP contribution < -0.4 is 0 Å². The molecule has 2 atom stereocenters. The van der Waals surface area contributed by atoms with Crippen LogP contribution in [-0.4, -0.2) is 48.6 Å². The first-order chi connectivity index (χ1) is 5.15. The molecule has 0 spiro atoms. The van der Waals surface area contributed by atoms with Gasteiger partial charge in [-0.25, -0.2) is 0 Å². The van der Waals surface area contributed by atoms with E-state index in [0.29, 0.717) is 0 Å². The van der Waals surface area contributed by atoms with Gasteiger partial charge in [-0.1, -0.05) is 6.92 Å². The molecular formula is C9H20N2. The minimum Gasteiger partial charge on any atom is -0.301 e. The van der Waals surface area contributed by atoms with Crippen LogP contribution in [-0.2, 0) is 0 Å². The minimum atomic E-state index is 0.721. The van der Waals surface area contributed by atoms with Crippen LogP contribution in [0.5, 0.6) is 0 Å². The lowest BCUT2D eigenvalue weighted by atomic mass is 10.1. The number of rotatable bonds is 1. The summed E-state index contributed by atoms with van der Waals surface area (Å²) in [6.45, 7) is 10.5. The largest absolute Gasteiger partial charge is 0.301 e. The summed E-state index contributed by atoms with van der Waals surface area (Å²) in [5, 5.41) is 0. The van der Waals surface area contributed by atoms with E-state index in [1.807, 2.05) is 0 Å². The summed E-state index contributed by atoms with van der Waals surface area (Å²) < 4.78 is 0. The maximum atomic E-state index is 2.52. The first kappa shape index (κ1) is 9.01. The van der Waals surface area contributed by atoms with Gasteiger partial charge >= 0.3 is 0 Å². The molecule has 0 N–H and O–H groups in total. The number of likely N-dealkylation sites (N-methyl/N-ethyl adjacent to an activating group) is 2. The molecule has 0 aliphatic carbocycles. The van der Waals surface area contributed by atoms with Crippen molar-refractivity contribution in [3.8, 4) is 0 Å². The Morgan fingerprint density at radius 3 is 2.00 bits per heavy atom. The van der Waals surface area contributed by atoms with E-state index in [4.69, 9.17) is 0 Å². The van der Waals surface area contributed by atoms with Crippen molar-refractivity contribution < 1.29 is 0 Å². The van der Waals surface area contributed by atoms with Crippen molar-refractivity contribution in [2.24, 2.45) is 0 Å². The smallest absolute Gasteiger partial charge is 0.0195 e. The van der Waals surface area contributed by atoms with Crippen LogP contribution >= 0.6 is 0 Å². The molecule has 0 aromatic carbocycles. The van der Waals surface area contributed by atoms with E-state index >= 15 is 0 Å². The SMILES string of the molecule is CCN1C[C@H](C)N(C)[C@@H](C)C1. The Morgan fingerprint density at radius 1 is 1.18 bits per heavy atom. The third-order valence-electron chi connectivity index (χ3n) is 2.88. The second kappa shape index (κ2) is 3.55. The maximum Gasteiger partial charge on any atom is 0.0195 e. The summed E-state index contributed by atoms with van der Waals surface area (Å²) in [5.74, 6) is 0. The zero-order chi connectivity index (χ0) is 8.43. The quantitative estimate of drug-likeness (QED) is 0.559. The summed E-state index contributed by atoms with van der Waals surface area (Å²) in [5.41, 5.74) is 0. The number of hydrogen-bond acceptors (Lipinski definition) is 2. The number of hydrogen-bond donors (Lipinski definition) is 0. The van der Waals surface area contributed by atoms with Crippen molar-refractivity contribution in [3.63, 3.8) is 0 Å². The van der Waals surface area contributed by atoms with Crippen LogP contribution in [0, 0.1) is 0 Å². The van der Waals surface area contributed by atoms with Crippen molar-refractivity contribution in [1.82, 2.24) is 9.80 Å². The number of nitrogens with zero attached hydrogens (tertiary/aromatic N) is 2. The molecule has 0 radical (unpaired) electrons. The molecule has 0 bridgehead atoms. The molecule has 0 unspecified atom stereocenters. The first-order valence-corrected chi connectivity index (χ1v) is 4.59. The molecule has 1 aliphatic heterocycles. The molecule has 1 aliphatic rings. The standard InChI is InChI=1S/C9H20N2/c1-5-11-6-8(2)10(4)9(3)7-11/h8-9H,5-7H2,1-4H3/t8-,9-/m0/s1. The summed E-state index contributed by atoms with van der Waals surface area (Å²) in [4.78, 5) is 4.99. The molecule has 1 saturated heterocycles. The van der Waals surface area contributed by atoms with Crippen molar-refractivity contribution in [2.45, 2.75) is 32.9 Å². The lowest BCUT2D eigenvalue weighted by Crippen LogP contribution is -2.54. The van der Waals surface area contributed by atoms with Crippen LogP contribution in [0.3, 0.4) is 0 Å². The molecule has 2 heteroatoms. The summed E-state index contributed by atoms with van der Waals surface area (Å²) in [7, 11) is 2.22. The van der Waals surface area contributed by atoms with Crippen molar-refractivity contribution >= 4 is 0 Å². The van der Waals surface area contributed by atoms with Gasteiger partial charge in [-0.15, -0.1) is 0 Å². The highest BCUT2D eigenvalue weighted by Gasteiger charge is 2.24. The maximum absolute atomic E-state index is 2.52. The van der Waals surface area contributed by atoms with Gasteiger partial charge in [0.05, 0.1) is 0 Å². The zero-order valence-electron chi connectivity index (χ0n) is 8.17. The molecule has 0 saturated carbocycles. The van der Waals surface area contributed by atoms with Gasteiger partial charge in [0.1, 0.15) is 0 Å². The molecule has 1 fully saturated rings. The Kier molecular flexibility index (Phi) is 2.90. The van der Waals surface area contributed by atoms with Crippen LogP contribution in [0.15, 0.2) is 0 Å². The topological polar surface area (TPSA) is 6.48 Å². The Morgan fingerprint density at radius 2 is 1.64 bits per heavy atom. The highest BCUT2D eigenvalue weighted by atomic mass is 15.3. The Labute approximate surface area is 70.2 Å². The molecule has 0 amide bonds. The normalized spacial score (nSPS) is 36.0. The van der Waals surface area contributed by atoms with Gasteiger partial charge in [-0.05, 0) is 27.4 Å². The Bertz CT molecular complexity index is 113. The molecule has 2 nitrogen and oxygen atoms in total. The molecule has 0 aromatic rings. The monoisotopic (exact) mass is 156 g/mol. The molecule has 66 valence electrons. The van der Waals surface area contributed by atoms with Crippen molar-refractivity contribution in [2.75, 3.05) is 26.7 Å². The van der Waals surface area contributed by atoms with Gasteiger partial charge in [-0.2, -0.15) is 0 Å². The van der Waals surface area contributed by atoms with E-state index in [2.05, 4.69) is 37.6 Å². The third-order valence-corrected chi connectivity index (χ3v) is 2.88. The van der Waals surface area contributed by atoms with E-state index in [1.54, 1.807) is 0 Å². The molecule has 1 rings (SSSR count). The van der Waals surface area contributed by atoms with Crippen molar-refractivity contribution in [3.05, 3.63) is 0 Å². The van der Waals surface area contributed by atoms with Gasteiger partial charge in [0, 0.05) is 25.2 Å². The minimum absolute atomic E-state index is 0.721. The first-order valence-electron chi connectivity index (χ1n) is 4.59. The fourth-order valence-electron chi connectivity index (χ4n) is 1.77. The summed E-state index contributed by atoms with van der Waals surface area (Å²) in [6, 6.07) is 1.44. The fraction of sp³-hybridized carbons (Fsp3) is 1.00. The average Bonchev–Trinajstić information content (AvgIpc) is 1.99. The van der Waals surface area contributed by atoms with Crippen molar-refractivity contribution in [1.29, 1.82) is 0 Å². The van der Waals surface area contributed by atoms with Crippen LogP contribution in [0.4, 0.5) is 0 Å². The van der Waals surface area contributed by atoms with Crippen LogP contribution in [0.2, 0.25) is 0 Å². The predicted molar refractivity (Wildman–Crippen MR) is 48.8 cm³/mol. The van der Waals surface area contributed by atoms with Crippen LogP contribution in [0.25, 0.3) is 0 Å². The van der Waals surface area contributed by atoms with Gasteiger partial charge in [0.2, 0.25) is 0 Å². The lowest BCUT2D eigenvalue weighted by molar-refractivity contribution is 0.0635. The summed E-state index contributed by atoms with van der Waals surface area (Å²) >= 11 is 0. The summed E-state index contributed by atoms with van der Waals surface area (Å²) in [6.07, 6.45) is 0. The Hall–Kier alpha value is -0.0800. The second-order valence-corrected chi connectivity index (χ2v) is 3.72. The van der Waals surface area contributed by atoms with E-state index in [1.165, 1.54) is 19.6 Å². The second-order valence-electron chi connectivity index (χ2n) is 3.72. The molecule has 11 heavy (non-hydrogen) atoms. The lowest BCUT2D eigenvalue weighted by Gasteiger charge is -2.42. The fourth-order valence-corrected chi connectivity index (χ4v) is 1.77. The number of piperazine rings is 1. The van der Waals surface area contributed by atoms with E-state index in [-0.39, 0.29) is 0 Å². The average molecular weight is 156 g/mol. The van der Waals surface area contributed by atoms with E-state index in [0.717, 1.165) is 12.1 Å². The zero-order valence-corrected chi connectivity index (χ0v) is 8.17. The van der Waals surface area contributed by atoms with Gasteiger partial charge in [0.15, 0.2) is 0 Å². The Balaban J connectivity index is 2.47. The molecule has 1 heterocycles. The highest BCUT2D eigenvalue weighted by Crippen LogP contribution is 2.12.